The molecule has 0 bridgehead atoms. The summed E-state index contributed by atoms with van der Waals surface area (Å²) in [6.45, 7) is 2.70. The van der Waals surface area contributed by atoms with Gasteiger partial charge in [0.15, 0.2) is 5.13 Å². The lowest BCUT2D eigenvalue weighted by molar-refractivity contribution is -0.274. The Morgan fingerprint density at radius 2 is 1.91 bits per heavy atom. The van der Waals surface area contributed by atoms with Crippen LogP contribution in [0.25, 0.3) is 0 Å². The van der Waals surface area contributed by atoms with Gasteiger partial charge in [-0.3, -0.25) is 10.1 Å². The molecule has 192 valence electrons. The minimum Gasteiger partial charge on any atom is -0.481 e. The number of thioether (sulfide) groups is 1. The Bertz CT molecular complexity index is 977. The predicted octanol–water partition coefficient (Wildman–Crippen LogP) is 6.26. The molecule has 1 aromatic heterocycles. The molecule has 1 heterocycles. The topological polar surface area (TPSA) is 91.8 Å². The van der Waals surface area contributed by atoms with Gasteiger partial charge in [-0.25, -0.2) is 9.78 Å². The summed E-state index contributed by atoms with van der Waals surface area (Å²) in [6.07, 6.45) is 1.99. The first-order valence-electron chi connectivity index (χ1n) is 11.3. The number of aliphatic carboxylic acids is 1. The van der Waals surface area contributed by atoms with E-state index in [2.05, 4.69) is 22.0 Å². The molecule has 7 nitrogen and oxygen atoms in total. The number of carboxylic acid groups (broad SMARTS) is 1. The summed E-state index contributed by atoms with van der Waals surface area (Å²) in [5.41, 5.74) is 0.858. The number of ether oxygens (including phenoxy) is 1. The number of alkyl halides is 3. The molecule has 0 saturated heterocycles. The Balaban J connectivity index is 1.58. The fourth-order valence-corrected chi connectivity index (χ4v) is 5.58. The highest BCUT2D eigenvalue weighted by molar-refractivity contribution is 8.01. The fraction of sp³-hybridized carbons (Fsp3) is 0.522. The van der Waals surface area contributed by atoms with Gasteiger partial charge in [-0.05, 0) is 62.1 Å². The number of aromatic nitrogens is 1. The summed E-state index contributed by atoms with van der Waals surface area (Å²) in [5.74, 6) is -0.635. The van der Waals surface area contributed by atoms with E-state index in [1.807, 2.05) is 4.90 Å². The lowest BCUT2D eigenvalue weighted by atomic mass is 9.86. The largest absolute Gasteiger partial charge is 0.573 e. The average Bonchev–Trinajstić information content (AvgIpc) is 3.23. The third-order valence-electron chi connectivity index (χ3n) is 5.74. The SMILES string of the molecule is CC1CCC(N(CCCc2ccc(OC(F)(F)F)cc2)C(=O)Nc2ncc(SCC(=O)O)s2)CC1. The molecule has 1 aliphatic rings. The maximum absolute atomic E-state index is 13.1. The number of anilines is 1. The van der Waals surface area contributed by atoms with Crippen LogP contribution in [0.15, 0.2) is 34.7 Å². The number of hydrogen-bond donors (Lipinski definition) is 2. The number of hydrogen-bond acceptors (Lipinski definition) is 6. The minimum absolute atomic E-state index is 0.0781. The average molecular weight is 532 g/mol. The van der Waals surface area contributed by atoms with E-state index >= 15 is 0 Å². The Morgan fingerprint density at radius 3 is 2.54 bits per heavy atom. The molecule has 3 rings (SSSR count). The van der Waals surface area contributed by atoms with Gasteiger partial charge in [0.05, 0.1) is 16.2 Å². The molecule has 2 N–H and O–H groups in total. The summed E-state index contributed by atoms with van der Waals surface area (Å²) < 4.78 is 41.6. The van der Waals surface area contributed by atoms with Crippen molar-refractivity contribution in [1.29, 1.82) is 0 Å². The third-order valence-corrected chi connectivity index (χ3v) is 7.84. The summed E-state index contributed by atoms with van der Waals surface area (Å²) in [4.78, 5) is 29.9. The number of urea groups is 1. The lowest BCUT2D eigenvalue weighted by Gasteiger charge is -2.36. The molecule has 2 aromatic rings. The Morgan fingerprint density at radius 1 is 1.23 bits per heavy atom. The van der Waals surface area contributed by atoms with E-state index in [0.717, 1.165) is 43.0 Å². The highest BCUT2D eigenvalue weighted by atomic mass is 32.2. The molecule has 1 fully saturated rings. The second-order valence-corrected chi connectivity index (χ2v) is 10.8. The van der Waals surface area contributed by atoms with Crippen LogP contribution in [0.3, 0.4) is 0 Å². The number of carbonyl (C=O) groups excluding carboxylic acids is 1. The molecule has 0 aliphatic heterocycles. The van der Waals surface area contributed by atoms with Gasteiger partial charge < -0.3 is 14.7 Å². The Hall–Kier alpha value is -2.47. The number of aryl methyl sites for hydroxylation is 1. The predicted molar refractivity (Wildman–Crippen MR) is 129 cm³/mol. The number of benzene rings is 1. The molecule has 0 atom stereocenters. The molecule has 1 saturated carbocycles. The van der Waals surface area contributed by atoms with E-state index in [9.17, 15) is 22.8 Å². The van der Waals surface area contributed by atoms with Crippen LogP contribution in [0, 0.1) is 5.92 Å². The van der Waals surface area contributed by atoms with E-state index in [0.29, 0.717) is 34.6 Å². The van der Waals surface area contributed by atoms with Gasteiger partial charge in [-0.1, -0.05) is 30.4 Å². The van der Waals surface area contributed by atoms with E-state index in [1.165, 1.54) is 23.5 Å². The normalized spacial score (nSPS) is 18.2. The Labute approximate surface area is 210 Å². The van der Waals surface area contributed by atoms with Crippen LogP contribution in [0.5, 0.6) is 5.75 Å². The summed E-state index contributed by atoms with van der Waals surface area (Å²) >= 11 is 2.38. The number of nitrogens with one attached hydrogen (secondary N) is 1. The zero-order valence-electron chi connectivity index (χ0n) is 19.2. The van der Waals surface area contributed by atoms with Gasteiger partial charge in [-0.15, -0.1) is 24.9 Å². The van der Waals surface area contributed by atoms with Crippen molar-refractivity contribution in [1.82, 2.24) is 9.88 Å². The quantitative estimate of drug-likeness (QED) is 0.352. The lowest BCUT2D eigenvalue weighted by Crippen LogP contribution is -2.45. The number of nitrogens with zero attached hydrogens (tertiary/aromatic N) is 2. The first-order chi connectivity index (χ1) is 16.6. The van der Waals surface area contributed by atoms with Gasteiger partial charge in [0.25, 0.3) is 0 Å². The van der Waals surface area contributed by atoms with Crippen molar-refractivity contribution in [3.05, 3.63) is 36.0 Å². The van der Waals surface area contributed by atoms with Crippen molar-refractivity contribution in [3.63, 3.8) is 0 Å². The van der Waals surface area contributed by atoms with Crippen molar-refractivity contribution >= 4 is 40.2 Å². The van der Waals surface area contributed by atoms with E-state index in [1.54, 1.807) is 18.3 Å². The molecule has 1 aliphatic carbocycles. The zero-order chi connectivity index (χ0) is 25.4. The van der Waals surface area contributed by atoms with E-state index in [-0.39, 0.29) is 23.6 Å². The minimum atomic E-state index is -4.72. The Kier molecular flexibility index (Phi) is 9.67. The van der Waals surface area contributed by atoms with Gasteiger partial charge in [0, 0.05) is 12.6 Å². The van der Waals surface area contributed by atoms with Crippen LogP contribution in [-0.2, 0) is 11.2 Å². The fourth-order valence-electron chi connectivity index (χ4n) is 4.00. The van der Waals surface area contributed by atoms with E-state index < -0.39 is 12.3 Å². The summed E-state index contributed by atoms with van der Waals surface area (Å²) in [5, 5.41) is 12.1. The highest BCUT2D eigenvalue weighted by Crippen LogP contribution is 2.30. The smallest absolute Gasteiger partial charge is 0.481 e. The molecule has 35 heavy (non-hydrogen) atoms. The van der Waals surface area contributed by atoms with Crippen LogP contribution in [0.2, 0.25) is 0 Å². The maximum Gasteiger partial charge on any atom is 0.573 e. The molecule has 0 radical (unpaired) electrons. The first kappa shape index (κ1) is 27.1. The molecule has 2 amide bonds. The number of thiazole rings is 1. The number of rotatable bonds is 10. The number of amides is 2. The number of carbonyl (C=O) groups is 2. The first-order valence-corrected chi connectivity index (χ1v) is 13.1. The standard InChI is InChI=1S/C23H28F3N3O4S2/c1-15-4-8-17(9-5-15)29(22(32)28-21-27-13-20(35-21)34-14-19(30)31)12-2-3-16-6-10-18(11-7-16)33-23(24,25)26/h6-7,10-11,13,15,17H,2-5,8-9,12,14H2,1H3,(H,30,31)(H,27,28,32). The molecule has 12 heteroatoms. The zero-order valence-corrected chi connectivity index (χ0v) is 20.8. The third kappa shape index (κ3) is 9.25. The van der Waals surface area contributed by atoms with Gasteiger partial charge >= 0.3 is 18.4 Å². The number of carboxylic acids is 1. The molecule has 0 spiro atoms. The molecular weight excluding hydrogens is 503 g/mol. The van der Waals surface area contributed by atoms with Crippen molar-refractivity contribution < 1.29 is 32.6 Å². The van der Waals surface area contributed by atoms with Gasteiger partial charge in [0.1, 0.15) is 5.75 Å². The maximum atomic E-state index is 13.1. The van der Waals surface area contributed by atoms with Crippen molar-refractivity contribution in [3.8, 4) is 5.75 Å². The van der Waals surface area contributed by atoms with Crippen LogP contribution in [0.4, 0.5) is 23.1 Å². The summed E-state index contributed by atoms with van der Waals surface area (Å²) in [6, 6.07) is 5.63. The number of halogens is 3. The molecule has 1 aromatic carbocycles. The van der Waals surface area contributed by atoms with Gasteiger partial charge in [0.2, 0.25) is 0 Å². The summed E-state index contributed by atoms with van der Waals surface area (Å²) in [7, 11) is 0. The van der Waals surface area contributed by atoms with Crippen molar-refractivity contribution in [2.24, 2.45) is 5.92 Å². The van der Waals surface area contributed by atoms with Crippen LogP contribution >= 0.6 is 23.1 Å². The molecule has 0 unspecified atom stereocenters. The monoisotopic (exact) mass is 531 g/mol. The van der Waals surface area contributed by atoms with E-state index in [4.69, 9.17) is 5.11 Å². The second-order valence-electron chi connectivity index (χ2n) is 8.50. The van der Waals surface area contributed by atoms with Crippen molar-refractivity contribution in [2.75, 3.05) is 17.6 Å². The second kappa shape index (κ2) is 12.5. The molecular formula is C23H28F3N3O4S2. The van der Waals surface area contributed by atoms with Crippen LogP contribution < -0.4 is 10.1 Å². The van der Waals surface area contributed by atoms with Crippen molar-refractivity contribution in [2.45, 2.75) is 62.1 Å². The van der Waals surface area contributed by atoms with Crippen LogP contribution in [-0.4, -0.2) is 51.7 Å². The van der Waals surface area contributed by atoms with Gasteiger partial charge in [-0.2, -0.15) is 0 Å². The van der Waals surface area contributed by atoms with Crippen LogP contribution in [0.1, 0.15) is 44.6 Å². The highest BCUT2D eigenvalue weighted by Gasteiger charge is 2.31.